The molecule has 3 aromatic rings. The molecule has 0 spiro atoms. The zero-order valence-corrected chi connectivity index (χ0v) is 37.3. The van der Waals surface area contributed by atoms with Gasteiger partial charge in [-0.05, 0) is 72.1 Å². The maximum absolute atomic E-state index is 14.4. The predicted molar refractivity (Wildman–Crippen MR) is 217 cm³/mol. The van der Waals surface area contributed by atoms with Crippen LogP contribution in [0.25, 0.3) is 10.9 Å². The molecule has 290 valence electrons. The molecule has 1 saturated heterocycles. The number of aromatic nitrogens is 1. The van der Waals surface area contributed by atoms with Gasteiger partial charge in [-0.2, -0.15) is 0 Å². The number of hydrogen-bond donors (Lipinski definition) is 2. The first-order chi connectivity index (χ1) is 23.7. The second-order valence-corrected chi connectivity index (χ2v) is 33.3. The summed E-state index contributed by atoms with van der Waals surface area (Å²) < 4.78 is 35.7. The van der Waals surface area contributed by atoms with Crippen LogP contribution in [0.4, 0.5) is 0 Å². The zero-order chi connectivity index (χ0) is 39.2. The summed E-state index contributed by atoms with van der Waals surface area (Å²) in [4.78, 5) is 14.4. The number of aliphatic hydroxyl groups is 1. The molecule has 2 N–H and O–H groups in total. The van der Waals surface area contributed by atoms with Gasteiger partial charge in [-0.25, -0.2) is 4.79 Å². The SMILES string of the molecule is CC(C)(C)[Si](C)(C)OC[C@H]1OC(O)[C@H](OC(=O)c2cn(Cc3ccccc3)c3cccc(O)c23)[C@@H](O[Si](C)(C)C(C)(C)C)[C@@H]1O[Si](C)(C)C(C)(C)C. The van der Waals surface area contributed by atoms with E-state index in [1.807, 2.05) is 41.0 Å². The van der Waals surface area contributed by atoms with Crippen molar-refractivity contribution in [3.05, 3.63) is 65.9 Å². The molecule has 5 atom stereocenters. The van der Waals surface area contributed by atoms with Crippen molar-refractivity contribution in [3.8, 4) is 5.75 Å². The Balaban J connectivity index is 1.81. The lowest BCUT2D eigenvalue weighted by molar-refractivity contribution is -0.279. The molecular formula is C40H65NO8Si3. The standard InChI is InChI=1S/C40H65NO8Si3/c1-38(2,3)50(10,11)45-26-31-33(48-51(12,13)39(4,5)6)34(49-52(14,15)40(7,8)9)35(37(44)46-31)47-36(43)28-25-41(24-27-20-17-16-18-21-27)29-22-19-23-30(42)32(28)29/h16-23,25,31,33-35,37,42,44H,24,26H2,1-15H3/t31-,33-,34+,35-,37?/m1/s1. The van der Waals surface area contributed by atoms with Crippen LogP contribution < -0.4 is 0 Å². The lowest BCUT2D eigenvalue weighted by Crippen LogP contribution is -2.67. The molecule has 1 unspecified atom stereocenters. The molecule has 9 nitrogen and oxygen atoms in total. The minimum Gasteiger partial charge on any atom is -0.507 e. The van der Waals surface area contributed by atoms with E-state index in [1.54, 1.807) is 18.3 Å². The van der Waals surface area contributed by atoms with Gasteiger partial charge in [-0.15, -0.1) is 0 Å². The summed E-state index contributed by atoms with van der Waals surface area (Å²) in [6.45, 7) is 33.3. The number of aliphatic hydroxyl groups excluding tert-OH is 1. The van der Waals surface area contributed by atoms with Gasteiger partial charge < -0.3 is 37.5 Å². The van der Waals surface area contributed by atoms with E-state index in [9.17, 15) is 15.0 Å². The number of esters is 1. The summed E-state index contributed by atoms with van der Waals surface area (Å²) in [7, 11) is -7.28. The minimum absolute atomic E-state index is 0.0345. The van der Waals surface area contributed by atoms with Crippen molar-refractivity contribution < 1.29 is 37.8 Å². The highest BCUT2D eigenvalue weighted by Gasteiger charge is 2.55. The zero-order valence-electron chi connectivity index (χ0n) is 34.3. The molecule has 1 aliphatic heterocycles. The summed E-state index contributed by atoms with van der Waals surface area (Å²) >= 11 is 0. The van der Waals surface area contributed by atoms with Crippen LogP contribution in [0.3, 0.4) is 0 Å². The fraction of sp³-hybridized carbons (Fsp3) is 0.625. The highest BCUT2D eigenvalue weighted by atomic mass is 28.4. The van der Waals surface area contributed by atoms with Gasteiger partial charge in [0.25, 0.3) is 0 Å². The first-order valence-corrected chi connectivity index (χ1v) is 27.3. The second kappa shape index (κ2) is 15.1. The Hall–Kier alpha value is -2.30. The van der Waals surface area contributed by atoms with Crippen molar-refractivity contribution in [3.63, 3.8) is 0 Å². The molecule has 52 heavy (non-hydrogen) atoms. The van der Waals surface area contributed by atoms with Gasteiger partial charge in [-0.3, -0.25) is 0 Å². The van der Waals surface area contributed by atoms with E-state index >= 15 is 0 Å². The highest BCUT2D eigenvalue weighted by Crippen LogP contribution is 2.45. The minimum atomic E-state index is -2.57. The Kier molecular flexibility index (Phi) is 12.3. The molecule has 1 fully saturated rings. The van der Waals surface area contributed by atoms with Crippen molar-refractivity contribution in [2.24, 2.45) is 0 Å². The third-order valence-corrected chi connectivity index (χ3v) is 25.5. The smallest absolute Gasteiger partial charge is 0.341 e. The van der Waals surface area contributed by atoms with Gasteiger partial charge in [0.1, 0.15) is 24.1 Å². The van der Waals surface area contributed by atoms with E-state index in [2.05, 4.69) is 102 Å². The fourth-order valence-electron chi connectivity index (χ4n) is 5.56. The van der Waals surface area contributed by atoms with Crippen molar-refractivity contribution in [2.75, 3.05) is 6.61 Å². The van der Waals surface area contributed by atoms with E-state index in [4.69, 9.17) is 22.8 Å². The van der Waals surface area contributed by atoms with Crippen LogP contribution >= 0.6 is 0 Å². The van der Waals surface area contributed by atoms with Gasteiger partial charge in [0.2, 0.25) is 0 Å². The first-order valence-electron chi connectivity index (χ1n) is 18.6. The van der Waals surface area contributed by atoms with Crippen LogP contribution in [0.2, 0.25) is 54.4 Å². The number of aromatic hydroxyl groups is 1. The third-order valence-electron chi connectivity index (χ3n) is 12.0. The van der Waals surface area contributed by atoms with Crippen LogP contribution in [0, 0.1) is 0 Å². The van der Waals surface area contributed by atoms with E-state index in [1.165, 1.54) is 0 Å². The van der Waals surface area contributed by atoms with Crippen molar-refractivity contribution >= 4 is 41.8 Å². The molecular weight excluding hydrogens is 707 g/mol. The van der Waals surface area contributed by atoms with Gasteiger partial charge in [0.05, 0.1) is 23.1 Å². The Labute approximate surface area is 315 Å². The summed E-state index contributed by atoms with van der Waals surface area (Å²) in [5, 5.41) is 22.9. The molecule has 0 bridgehead atoms. The highest BCUT2D eigenvalue weighted by molar-refractivity contribution is 6.75. The van der Waals surface area contributed by atoms with Gasteiger partial charge in [0.15, 0.2) is 37.3 Å². The van der Waals surface area contributed by atoms with E-state index in [-0.39, 0.29) is 33.0 Å². The quantitative estimate of drug-likeness (QED) is 0.147. The number of carbonyl (C=O) groups is 1. The van der Waals surface area contributed by atoms with Crippen LogP contribution in [0.1, 0.15) is 78.2 Å². The Morgan fingerprint density at radius 3 is 1.83 bits per heavy atom. The molecule has 1 aromatic heterocycles. The molecule has 0 saturated carbocycles. The monoisotopic (exact) mass is 771 g/mol. The van der Waals surface area contributed by atoms with Crippen LogP contribution in [0.5, 0.6) is 5.75 Å². The first kappa shape index (κ1) is 42.4. The number of phenolic OH excluding ortho intramolecular Hbond substituents is 1. The molecule has 4 rings (SSSR count). The van der Waals surface area contributed by atoms with E-state index in [0.29, 0.717) is 17.4 Å². The number of benzene rings is 2. The molecule has 0 radical (unpaired) electrons. The number of ether oxygens (including phenoxy) is 2. The Bertz CT molecular complexity index is 1680. The summed E-state index contributed by atoms with van der Waals surface area (Å²) in [6, 6.07) is 15.1. The van der Waals surface area contributed by atoms with Crippen LogP contribution in [-0.2, 0) is 29.3 Å². The number of carbonyl (C=O) groups excluding carboxylic acids is 1. The molecule has 0 aliphatic carbocycles. The maximum Gasteiger partial charge on any atom is 0.341 e. The molecule has 12 heteroatoms. The van der Waals surface area contributed by atoms with Gasteiger partial charge >= 0.3 is 5.97 Å². The number of phenols is 1. The summed E-state index contributed by atoms with van der Waals surface area (Å²) in [5.74, 6) is -0.732. The summed E-state index contributed by atoms with van der Waals surface area (Å²) in [6.07, 6.45) is -3.27. The maximum atomic E-state index is 14.4. The molecule has 2 aromatic carbocycles. The van der Waals surface area contributed by atoms with E-state index < -0.39 is 61.6 Å². The molecule has 2 heterocycles. The van der Waals surface area contributed by atoms with Crippen LogP contribution in [-0.4, -0.2) is 83.0 Å². The Morgan fingerprint density at radius 1 is 0.750 bits per heavy atom. The predicted octanol–water partition coefficient (Wildman–Crippen LogP) is 9.44. The average Bonchev–Trinajstić information content (AvgIpc) is 3.37. The average molecular weight is 772 g/mol. The van der Waals surface area contributed by atoms with Crippen molar-refractivity contribution in [2.45, 2.75) is 154 Å². The lowest BCUT2D eigenvalue weighted by atomic mass is 9.99. The molecule has 1 aliphatic rings. The molecule has 0 amide bonds. The van der Waals surface area contributed by atoms with E-state index in [0.717, 1.165) is 5.56 Å². The lowest BCUT2D eigenvalue weighted by Gasteiger charge is -2.52. The fourth-order valence-corrected chi connectivity index (χ4v) is 9.19. The topological polar surface area (TPSA) is 109 Å². The Morgan fingerprint density at radius 2 is 1.29 bits per heavy atom. The largest absolute Gasteiger partial charge is 0.507 e. The number of fused-ring (bicyclic) bond motifs is 1. The van der Waals surface area contributed by atoms with Gasteiger partial charge in [0, 0.05) is 12.7 Å². The number of hydrogen-bond acceptors (Lipinski definition) is 8. The summed E-state index contributed by atoms with van der Waals surface area (Å²) in [5.41, 5.74) is 1.91. The third kappa shape index (κ3) is 9.14. The van der Waals surface area contributed by atoms with Crippen molar-refractivity contribution in [1.82, 2.24) is 4.57 Å². The second-order valence-electron chi connectivity index (χ2n) is 19.0. The normalized spacial score (nSPS) is 22.5. The van der Waals surface area contributed by atoms with Gasteiger partial charge in [-0.1, -0.05) is 98.7 Å². The number of rotatable bonds is 11. The number of nitrogens with zero attached hydrogens (tertiary/aromatic N) is 1. The van der Waals surface area contributed by atoms with Crippen LogP contribution in [0.15, 0.2) is 54.7 Å². The van der Waals surface area contributed by atoms with Crippen molar-refractivity contribution in [1.29, 1.82) is 0 Å².